The minimum atomic E-state index is -0.626. The number of hydrogen-bond acceptors (Lipinski definition) is 3. The van der Waals surface area contributed by atoms with Crippen molar-refractivity contribution in [3.63, 3.8) is 0 Å². The monoisotopic (exact) mass is 412 g/mol. The highest BCUT2D eigenvalue weighted by molar-refractivity contribution is 6.30. The highest BCUT2D eigenvalue weighted by Gasteiger charge is 2.24. The van der Waals surface area contributed by atoms with Gasteiger partial charge in [-0.3, -0.25) is 9.59 Å². The van der Waals surface area contributed by atoms with Crippen molar-refractivity contribution in [2.45, 2.75) is 33.4 Å². The van der Waals surface area contributed by atoms with Gasteiger partial charge in [0.25, 0.3) is 5.91 Å². The molecule has 0 saturated heterocycles. The molecule has 1 heterocycles. The van der Waals surface area contributed by atoms with Gasteiger partial charge in [-0.05, 0) is 49.2 Å². The van der Waals surface area contributed by atoms with Crippen LogP contribution in [0.1, 0.15) is 30.0 Å². The topological polar surface area (TPSA) is 76.0 Å². The second-order valence-electron chi connectivity index (χ2n) is 7.29. The first-order chi connectivity index (χ1) is 13.9. The van der Waals surface area contributed by atoms with Crippen molar-refractivity contribution in [1.82, 2.24) is 20.2 Å². The van der Waals surface area contributed by atoms with Gasteiger partial charge in [0, 0.05) is 23.7 Å². The van der Waals surface area contributed by atoms with Crippen molar-refractivity contribution in [3.05, 3.63) is 64.9 Å². The number of benzene rings is 2. The second kappa shape index (κ2) is 9.09. The fraction of sp³-hybridized carbons (Fsp3) is 0.318. The van der Waals surface area contributed by atoms with E-state index in [-0.39, 0.29) is 17.7 Å². The van der Waals surface area contributed by atoms with Gasteiger partial charge < -0.3 is 15.2 Å². The van der Waals surface area contributed by atoms with E-state index in [1.54, 1.807) is 24.3 Å². The molecule has 6 nitrogen and oxygen atoms in total. The number of aryl methyl sites for hydroxylation is 1. The van der Waals surface area contributed by atoms with Crippen LogP contribution in [0.3, 0.4) is 0 Å². The summed E-state index contributed by atoms with van der Waals surface area (Å²) in [5.41, 5.74) is 2.44. The van der Waals surface area contributed by atoms with Crippen LogP contribution in [0.4, 0.5) is 0 Å². The Hall–Kier alpha value is -2.86. The number of hydrogen-bond donors (Lipinski definition) is 2. The first kappa shape index (κ1) is 20.9. The first-order valence-corrected chi connectivity index (χ1v) is 10.0. The Kier molecular flexibility index (Phi) is 6.54. The molecule has 0 bridgehead atoms. The average Bonchev–Trinajstić information content (AvgIpc) is 3.01. The number of amides is 2. The van der Waals surface area contributed by atoms with Crippen LogP contribution < -0.4 is 10.6 Å². The standard InChI is InChI=1S/C22H25ClN4O2/c1-14(2)20(26-21(28)16-8-10-17(23)11-9-16)22(29)24-12-13-27-15(3)25-18-6-4-5-7-19(18)27/h4-11,14,20H,12-13H2,1-3H3,(H,24,29)(H,26,28)/t20-/m0/s1. The molecule has 0 aliphatic rings. The van der Waals surface area contributed by atoms with Crippen molar-refractivity contribution >= 4 is 34.4 Å². The maximum atomic E-state index is 12.7. The Morgan fingerprint density at radius 1 is 1.10 bits per heavy atom. The summed E-state index contributed by atoms with van der Waals surface area (Å²) >= 11 is 5.87. The van der Waals surface area contributed by atoms with Crippen molar-refractivity contribution in [3.8, 4) is 0 Å². The van der Waals surface area contributed by atoms with E-state index in [1.807, 2.05) is 45.0 Å². The van der Waals surface area contributed by atoms with Crippen LogP contribution in [0, 0.1) is 12.8 Å². The molecule has 0 radical (unpaired) electrons. The fourth-order valence-corrected chi connectivity index (χ4v) is 3.37. The zero-order chi connectivity index (χ0) is 21.0. The van der Waals surface area contributed by atoms with Gasteiger partial charge in [-0.25, -0.2) is 4.98 Å². The summed E-state index contributed by atoms with van der Waals surface area (Å²) in [6.07, 6.45) is 0. The van der Waals surface area contributed by atoms with Crippen LogP contribution >= 0.6 is 11.6 Å². The number of halogens is 1. The summed E-state index contributed by atoms with van der Waals surface area (Å²) in [7, 11) is 0. The number of nitrogens with one attached hydrogen (secondary N) is 2. The molecule has 0 saturated carbocycles. The number of carbonyl (C=O) groups excluding carboxylic acids is 2. The Morgan fingerprint density at radius 2 is 1.79 bits per heavy atom. The zero-order valence-corrected chi connectivity index (χ0v) is 17.5. The van der Waals surface area contributed by atoms with Crippen LogP contribution in [-0.2, 0) is 11.3 Å². The summed E-state index contributed by atoms with van der Waals surface area (Å²) in [6.45, 7) is 6.80. The maximum Gasteiger partial charge on any atom is 0.251 e. The average molecular weight is 413 g/mol. The number of fused-ring (bicyclic) bond motifs is 1. The number of imidazole rings is 1. The highest BCUT2D eigenvalue weighted by atomic mass is 35.5. The van der Waals surface area contributed by atoms with Gasteiger partial charge in [-0.15, -0.1) is 0 Å². The molecule has 1 aromatic heterocycles. The third kappa shape index (κ3) is 4.95. The van der Waals surface area contributed by atoms with Crippen LogP contribution in [0.25, 0.3) is 11.0 Å². The molecule has 0 unspecified atom stereocenters. The SMILES string of the molecule is Cc1nc2ccccc2n1CCNC(=O)[C@@H](NC(=O)c1ccc(Cl)cc1)C(C)C. The van der Waals surface area contributed by atoms with Gasteiger partial charge in [0.15, 0.2) is 0 Å². The molecule has 29 heavy (non-hydrogen) atoms. The minimum Gasteiger partial charge on any atom is -0.353 e. The lowest BCUT2D eigenvalue weighted by atomic mass is 10.0. The van der Waals surface area contributed by atoms with Crippen molar-refractivity contribution in [1.29, 1.82) is 0 Å². The van der Waals surface area contributed by atoms with E-state index in [0.717, 1.165) is 16.9 Å². The quantitative estimate of drug-likeness (QED) is 0.622. The summed E-state index contributed by atoms with van der Waals surface area (Å²) < 4.78 is 2.08. The molecule has 1 atom stereocenters. The van der Waals surface area contributed by atoms with Gasteiger partial charge in [0.05, 0.1) is 11.0 Å². The lowest BCUT2D eigenvalue weighted by molar-refractivity contribution is -0.123. The summed E-state index contributed by atoms with van der Waals surface area (Å²) in [4.78, 5) is 29.7. The number of rotatable bonds is 7. The molecule has 3 aromatic rings. The summed E-state index contributed by atoms with van der Waals surface area (Å²) in [6, 6.07) is 13.9. The predicted octanol–water partition coefficient (Wildman–Crippen LogP) is 3.57. The molecular weight excluding hydrogens is 388 g/mol. The largest absolute Gasteiger partial charge is 0.353 e. The third-order valence-electron chi connectivity index (χ3n) is 4.82. The van der Waals surface area contributed by atoms with E-state index in [9.17, 15) is 9.59 Å². The molecule has 0 aliphatic heterocycles. The van der Waals surface area contributed by atoms with E-state index in [1.165, 1.54) is 0 Å². The Labute approximate surface area is 175 Å². The minimum absolute atomic E-state index is 0.0536. The van der Waals surface area contributed by atoms with Crippen LogP contribution in [0.2, 0.25) is 5.02 Å². The molecule has 2 amide bonds. The molecule has 152 valence electrons. The van der Waals surface area contributed by atoms with Crippen molar-refractivity contribution in [2.75, 3.05) is 6.54 Å². The third-order valence-corrected chi connectivity index (χ3v) is 5.07. The lowest BCUT2D eigenvalue weighted by Crippen LogP contribution is -2.50. The van der Waals surface area contributed by atoms with Gasteiger partial charge in [-0.1, -0.05) is 37.6 Å². The second-order valence-corrected chi connectivity index (χ2v) is 7.73. The molecule has 7 heteroatoms. The number of nitrogens with zero attached hydrogens (tertiary/aromatic N) is 2. The van der Waals surface area contributed by atoms with Crippen LogP contribution in [0.15, 0.2) is 48.5 Å². The molecule has 0 fully saturated rings. The van der Waals surface area contributed by atoms with Crippen molar-refractivity contribution < 1.29 is 9.59 Å². The lowest BCUT2D eigenvalue weighted by Gasteiger charge is -2.22. The fourth-order valence-electron chi connectivity index (χ4n) is 3.24. The summed E-state index contributed by atoms with van der Waals surface area (Å²) in [5, 5.41) is 6.32. The van der Waals surface area contributed by atoms with Crippen LogP contribution in [-0.4, -0.2) is 34.0 Å². The first-order valence-electron chi connectivity index (χ1n) is 9.63. The number of para-hydroxylation sites is 2. The summed E-state index contributed by atoms with van der Waals surface area (Å²) in [5.74, 6) is 0.343. The number of aromatic nitrogens is 2. The van der Waals surface area contributed by atoms with Gasteiger partial charge >= 0.3 is 0 Å². The smallest absolute Gasteiger partial charge is 0.251 e. The molecule has 0 aliphatic carbocycles. The number of carbonyl (C=O) groups is 2. The molecule has 2 N–H and O–H groups in total. The van der Waals surface area contributed by atoms with Crippen molar-refractivity contribution in [2.24, 2.45) is 5.92 Å². The Bertz CT molecular complexity index is 1010. The van der Waals surface area contributed by atoms with Gasteiger partial charge in [-0.2, -0.15) is 0 Å². The molecular formula is C22H25ClN4O2. The Morgan fingerprint density at radius 3 is 2.48 bits per heavy atom. The van der Waals surface area contributed by atoms with E-state index in [0.29, 0.717) is 23.7 Å². The Balaban J connectivity index is 1.61. The predicted molar refractivity (Wildman–Crippen MR) is 115 cm³/mol. The molecule has 3 rings (SSSR count). The zero-order valence-electron chi connectivity index (χ0n) is 16.8. The highest BCUT2D eigenvalue weighted by Crippen LogP contribution is 2.15. The normalized spacial score (nSPS) is 12.2. The van der Waals surface area contributed by atoms with Gasteiger partial charge in [0.2, 0.25) is 5.91 Å². The van der Waals surface area contributed by atoms with E-state index in [4.69, 9.17) is 11.6 Å². The van der Waals surface area contributed by atoms with E-state index >= 15 is 0 Å². The van der Waals surface area contributed by atoms with Gasteiger partial charge in [0.1, 0.15) is 11.9 Å². The van der Waals surface area contributed by atoms with Crippen LogP contribution in [0.5, 0.6) is 0 Å². The molecule has 2 aromatic carbocycles. The molecule has 0 spiro atoms. The maximum absolute atomic E-state index is 12.7. The van der Waals surface area contributed by atoms with E-state index in [2.05, 4.69) is 20.2 Å². The van der Waals surface area contributed by atoms with E-state index < -0.39 is 6.04 Å².